The van der Waals surface area contributed by atoms with Gasteiger partial charge in [-0.25, -0.2) is 4.98 Å². The summed E-state index contributed by atoms with van der Waals surface area (Å²) in [5.41, 5.74) is -0.246. The maximum Gasteiger partial charge on any atom is 0.347 e. The molecule has 0 aliphatic carbocycles. The van der Waals surface area contributed by atoms with Gasteiger partial charge in [-0.1, -0.05) is 0 Å². The predicted octanol–water partition coefficient (Wildman–Crippen LogP) is 1.18. The van der Waals surface area contributed by atoms with E-state index in [4.69, 9.17) is 0 Å². The monoisotopic (exact) mass is 469 g/mol. The summed E-state index contributed by atoms with van der Waals surface area (Å²) in [4.78, 5) is 22.0. The molecule has 0 fully saturated rings. The molecule has 0 saturated carbocycles. The van der Waals surface area contributed by atoms with Gasteiger partial charge in [-0.2, -0.15) is 13.5 Å². The maximum atomic E-state index is 14.6. The smallest absolute Gasteiger partial charge is 0.347 e. The molecule has 0 unspecified atom stereocenters. The second-order valence-corrected chi connectivity index (χ2v) is 6.94. The number of hydrogen-bond acceptors (Lipinski definition) is 9. The van der Waals surface area contributed by atoms with Crippen LogP contribution in [0, 0.1) is 5.21 Å². The summed E-state index contributed by atoms with van der Waals surface area (Å²) in [6, 6.07) is 8.11. The van der Waals surface area contributed by atoms with Crippen LogP contribution in [0.5, 0.6) is 5.75 Å². The minimum atomic E-state index is -3.56. The van der Waals surface area contributed by atoms with Crippen molar-refractivity contribution in [3.63, 3.8) is 0 Å². The number of carbonyl (C=O) groups excluding carboxylic acids is 1. The molecule has 174 valence electrons. The number of aromatic hydroxyl groups is 1. The molecule has 4 rings (SSSR count). The number of pyridine rings is 3. The molecule has 0 aliphatic heterocycles. The van der Waals surface area contributed by atoms with Gasteiger partial charge >= 0.3 is 5.92 Å². The number of aromatic nitrogens is 7. The zero-order chi connectivity index (χ0) is 24.1. The number of tetrazole rings is 1. The number of alkyl halides is 2. The lowest BCUT2D eigenvalue weighted by molar-refractivity contribution is -0.624. The van der Waals surface area contributed by atoms with E-state index >= 15 is 0 Å². The number of carbonyl (C=O) groups is 1. The lowest BCUT2D eigenvalue weighted by atomic mass is 10.2. The highest BCUT2D eigenvalue weighted by Crippen LogP contribution is 2.32. The summed E-state index contributed by atoms with van der Waals surface area (Å²) < 4.78 is 29.2. The van der Waals surface area contributed by atoms with Gasteiger partial charge in [-0.05, 0) is 23.4 Å². The summed E-state index contributed by atoms with van der Waals surface area (Å²) in [5.74, 6) is -4.78. The van der Waals surface area contributed by atoms with Crippen molar-refractivity contribution >= 4 is 17.4 Å². The highest BCUT2D eigenvalue weighted by Gasteiger charge is 2.39. The third kappa shape index (κ3) is 4.85. The van der Waals surface area contributed by atoms with Gasteiger partial charge in [0.2, 0.25) is 5.91 Å². The Balaban J connectivity index is 1.51. The average molecular weight is 469 g/mol. The van der Waals surface area contributed by atoms with E-state index in [0.717, 1.165) is 12.3 Å². The SMILES string of the molecule is O=C(Cc1ncccc1-n1ncnn1)Nc1c(O)ccnc1NCC(F)(F)c1cccc[n+]1[O-]. The fourth-order valence-corrected chi connectivity index (χ4v) is 3.07. The number of anilines is 2. The van der Waals surface area contributed by atoms with Crippen LogP contribution in [0.15, 0.2) is 61.3 Å². The van der Waals surface area contributed by atoms with E-state index in [9.17, 15) is 23.9 Å². The zero-order valence-corrected chi connectivity index (χ0v) is 17.3. The van der Waals surface area contributed by atoms with E-state index in [-0.39, 0.29) is 22.7 Å². The average Bonchev–Trinajstić information content (AvgIpc) is 3.35. The minimum absolute atomic E-state index is 0.0642. The van der Waals surface area contributed by atoms with E-state index in [1.165, 1.54) is 41.7 Å². The largest absolute Gasteiger partial charge is 0.618 e. The fourth-order valence-electron chi connectivity index (χ4n) is 3.07. The van der Waals surface area contributed by atoms with Crippen LogP contribution in [0.3, 0.4) is 0 Å². The van der Waals surface area contributed by atoms with Crippen molar-refractivity contribution in [2.24, 2.45) is 0 Å². The maximum absolute atomic E-state index is 14.6. The van der Waals surface area contributed by atoms with Crippen LogP contribution in [0.25, 0.3) is 5.69 Å². The van der Waals surface area contributed by atoms with Crippen molar-refractivity contribution in [2.45, 2.75) is 12.3 Å². The number of nitrogens with one attached hydrogen (secondary N) is 2. The van der Waals surface area contributed by atoms with Crippen molar-refractivity contribution in [3.05, 3.63) is 77.9 Å². The van der Waals surface area contributed by atoms with Crippen LogP contribution in [-0.2, 0) is 17.1 Å². The third-order valence-electron chi connectivity index (χ3n) is 4.63. The van der Waals surface area contributed by atoms with Gasteiger partial charge in [0.05, 0.1) is 18.7 Å². The third-order valence-corrected chi connectivity index (χ3v) is 4.63. The summed E-state index contributed by atoms with van der Waals surface area (Å²) in [6.07, 6.45) is 4.59. The summed E-state index contributed by atoms with van der Waals surface area (Å²) >= 11 is 0. The van der Waals surface area contributed by atoms with Crippen LogP contribution >= 0.6 is 0 Å². The Morgan fingerprint density at radius 1 is 1.18 bits per heavy atom. The van der Waals surface area contributed by atoms with Gasteiger partial charge in [0.25, 0.3) is 5.69 Å². The number of rotatable bonds is 8. The quantitative estimate of drug-likeness (QED) is 0.254. The van der Waals surface area contributed by atoms with Crippen molar-refractivity contribution in [2.75, 3.05) is 17.2 Å². The summed E-state index contributed by atoms with van der Waals surface area (Å²) in [5, 5.41) is 38.1. The van der Waals surface area contributed by atoms with E-state index in [0.29, 0.717) is 11.4 Å². The molecule has 4 aromatic rings. The lowest BCUT2D eigenvalue weighted by Gasteiger charge is -2.18. The second kappa shape index (κ2) is 9.40. The first-order valence-corrected chi connectivity index (χ1v) is 9.80. The molecule has 14 heteroatoms. The van der Waals surface area contributed by atoms with Crippen LogP contribution in [0.4, 0.5) is 20.3 Å². The second-order valence-electron chi connectivity index (χ2n) is 6.94. The first kappa shape index (κ1) is 22.4. The molecule has 34 heavy (non-hydrogen) atoms. The molecule has 1 amide bonds. The minimum Gasteiger partial charge on any atom is -0.618 e. The van der Waals surface area contributed by atoms with Gasteiger partial charge in [-0.15, -0.1) is 15.0 Å². The van der Waals surface area contributed by atoms with E-state index in [1.54, 1.807) is 12.1 Å². The Labute approximate surface area is 190 Å². The van der Waals surface area contributed by atoms with Crippen LogP contribution in [0.2, 0.25) is 0 Å². The van der Waals surface area contributed by atoms with Gasteiger partial charge in [0.1, 0.15) is 17.1 Å². The first-order chi connectivity index (χ1) is 16.3. The molecule has 0 atom stereocenters. The standard InChI is InChI=1S/C20H17F2N9O3/c21-20(22,16-5-1-2-9-30(16)34)11-25-19-18(15(32)6-8-24-19)28-17(33)10-13-14(4-3-7-23-13)31-27-12-26-29-31/h1-9,12H,10-11H2,(H,28,33)(H2,24,25,32). The van der Waals surface area contributed by atoms with Gasteiger partial charge in [0, 0.05) is 30.6 Å². The van der Waals surface area contributed by atoms with Crippen molar-refractivity contribution in [1.29, 1.82) is 0 Å². The fraction of sp³-hybridized carbons (Fsp3) is 0.150. The van der Waals surface area contributed by atoms with Gasteiger partial charge in [-0.3, -0.25) is 9.78 Å². The highest BCUT2D eigenvalue weighted by molar-refractivity contribution is 5.96. The summed E-state index contributed by atoms with van der Waals surface area (Å²) in [7, 11) is 0. The van der Waals surface area contributed by atoms with Gasteiger partial charge in [0.15, 0.2) is 18.3 Å². The molecule has 0 radical (unpaired) electrons. The zero-order valence-electron chi connectivity index (χ0n) is 17.3. The Bertz CT molecular complexity index is 1300. The van der Waals surface area contributed by atoms with Crippen LogP contribution in [-0.4, -0.2) is 47.7 Å². The Morgan fingerprint density at radius 3 is 2.79 bits per heavy atom. The van der Waals surface area contributed by atoms with Crippen LogP contribution < -0.4 is 15.4 Å². The normalized spacial score (nSPS) is 11.2. The Morgan fingerprint density at radius 2 is 2.03 bits per heavy atom. The molecule has 0 spiro atoms. The number of hydrogen-bond donors (Lipinski definition) is 3. The van der Waals surface area contributed by atoms with Crippen LogP contribution in [0.1, 0.15) is 11.4 Å². The lowest BCUT2D eigenvalue weighted by Crippen LogP contribution is -2.40. The van der Waals surface area contributed by atoms with Crippen molar-refractivity contribution in [1.82, 2.24) is 30.2 Å². The Hall–Kier alpha value is -4.75. The molecule has 0 saturated heterocycles. The predicted molar refractivity (Wildman–Crippen MR) is 113 cm³/mol. The number of halogens is 2. The molecule has 4 heterocycles. The summed E-state index contributed by atoms with van der Waals surface area (Å²) in [6.45, 7) is -1.01. The number of amides is 1. The molecule has 3 N–H and O–H groups in total. The molecule has 0 aliphatic rings. The van der Waals surface area contributed by atoms with Crippen molar-refractivity contribution < 1.29 is 23.4 Å². The Kier molecular flexibility index (Phi) is 6.20. The van der Waals surface area contributed by atoms with E-state index < -0.39 is 29.8 Å². The molecule has 4 aromatic heterocycles. The molecule has 0 bridgehead atoms. The molecular formula is C20H17F2N9O3. The molecular weight excluding hydrogens is 452 g/mol. The first-order valence-electron chi connectivity index (χ1n) is 9.80. The highest BCUT2D eigenvalue weighted by atomic mass is 19.3. The van der Waals surface area contributed by atoms with Crippen molar-refractivity contribution in [3.8, 4) is 11.4 Å². The van der Waals surface area contributed by atoms with E-state index in [2.05, 4.69) is 36.0 Å². The number of nitrogens with zero attached hydrogens (tertiary/aromatic N) is 7. The van der Waals surface area contributed by atoms with Gasteiger partial charge < -0.3 is 20.9 Å². The molecule has 0 aromatic carbocycles. The topological polar surface area (TPSA) is 158 Å². The molecule has 12 nitrogen and oxygen atoms in total. The van der Waals surface area contributed by atoms with E-state index in [1.807, 2.05) is 0 Å².